The predicted molar refractivity (Wildman–Crippen MR) is 88.7 cm³/mol. The van der Waals surface area contributed by atoms with Crippen molar-refractivity contribution in [2.75, 3.05) is 27.8 Å². The SMILES string of the molecule is COc1ccc(C[C@@H]2c3ccc(F)cc3CCN2C)cc1OC. The first-order chi connectivity index (χ1) is 11.1. The topological polar surface area (TPSA) is 21.7 Å². The Hall–Kier alpha value is -2.07. The van der Waals surface area contributed by atoms with Crippen LogP contribution in [0.2, 0.25) is 0 Å². The fourth-order valence-electron chi connectivity index (χ4n) is 3.30. The number of nitrogens with zero attached hydrogens (tertiary/aromatic N) is 1. The number of benzene rings is 2. The van der Waals surface area contributed by atoms with Gasteiger partial charge in [0, 0.05) is 12.6 Å². The molecule has 3 nitrogen and oxygen atoms in total. The van der Waals surface area contributed by atoms with Gasteiger partial charge in [-0.15, -0.1) is 0 Å². The molecule has 0 radical (unpaired) electrons. The van der Waals surface area contributed by atoms with Gasteiger partial charge in [0.15, 0.2) is 11.5 Å². The molecule has 0 saturated heterocycles. The van der Waals surface area contributed by atoms with E-state index in [9.17, 15) is 4.39 Å². The second-order valence-corrected chi connectivity index (χ2v) is 5.98. The Labute approximate surface area is 136 Å². The zero-order valence-corrected chi connectivity index (χ0v) is 13.8. The van der Waals surface area contributed by atoms with Crippen LogP contribution in [0.3, 0.4) is 0 Å². The molecule has 1 atom stereocenters. The monoisotopic (exact) mass is 315 g/mol. The normalized spacial score (nSPS) is 17.7. The van der Waals surface area contributed by atoms with Crippen LogP contribution in [-0.2, 0) is 12.8 Å². The Morgan fingerprint density at radius 1 is 1.09 bits per heavy atom. The van der Waals surface area contributed by atoms with Crippen LogP contribution in [0.5, 0.6) is 11.5 Å². The highest BCUT2D eigenvalue weighted by Crippen LogP contribution is 2.34. The van der Waals surface area contributed by atoms with Crippen molar-refractivity contribution in [2.24, 2.45) is 0 Å². The highest BCUT2D eigenvalue weighted by molar-refractivity contribution is 5.44. The van der Waals surface area contributed by atoms with Crippen molar-refractivity contribution in [3.8, 4) is 11.5 Å². The molecular formula is C19H22FNO2. The largest absolute Gasteiger partial charge is 0.493 e. The number of likely N-dealkylation sites (N-methyl/N-ethyl adjacent to an activating group) is 1. The van der Waals surface area contributed by atoms with E-state index in [1.165, 1.54) is 11.1 Å². The Bertz CT molecular complexity index is 702. The highest BCUT2D eigenvalue weighted by atomic mass is 19.1. The van der Waals surface area contributed by atoms with Crippen LogP contribution in [0, 0.1) is 5.82 Å². The average Bonchev–Trinajstić information content (AvgIpc) is 2.57. The summed E-state index contributed by atoms with van der Waals surface area (Å²) >= 11 is 0. The zero-order valence-electron chi connectivity index (χ0n) is 13.8. The van der Waals surface area contributed by atoms with E-state index in [2.05, 4.69) is 18.0 Å². The van der Waals surface area contributed by atoms with Crippen molar-refractivity contribution in [3.63, 3.8) is 0 Å². The number of rotatable bonds is 4. The van der Waals surface area contributed by atoms with Crippen LogP contribution in [0.15, 0.2) is 36.4 Å². The number of halogens is 1. The molecule has 0 fully saturated rings. The van der Waals surface area contributed by atoms with Crippen molar-refractivity contribution in [3.05, 3.63) is 58.9 Å². The van der Waals surface area contributed by atoms with Gasteiger partial charge < -0.3 is 9.47 Å². The summed E-state index contributed by atoms with van der Waals surface area (Å²) in [5.41, 5.74) is 3.51. The first-order valence-electron chi connectivity index (χ1n) is 7.82. The lowest BCUT2D eigenvalue weighted by atomic mass is 9.89. The van der Waals surface area contributed by atoms with E-state index in [4.69, 9.17) is 9.47 Å². The Morgan fingerprint density at radius 3 is 2.61 bits per heavy atom. The van der Waals surface area contributed by atoms with Gasteiger partial charge in [0.2, 0.25) is 0 Å². The number of hydrogen-bond donors (Lipinski definition) is 0. The van der Waals surface area contributed by atoms with Crippen LogP contribution < -0.4 is 9.47 Å². The Balaban J connectivity index is 1.91. The molecule has 0 amide bonds. The molecule has 122 valence electrons. The van der Waals surface area contributed by atoms with Crippen molar-refractivity contribution in [2.45, 2.75) is 18.9 Å². The third kappa shape index (κ3) is 3.17. The van der Waals surface area contributed by atoms with Gasteiger partial charge in [0.1, 0.15) is 5.82 Å². The lowest BCUT2D eigenvalue weighted by molar-refractivity contribution is 0.229. The van der Waals surface area contributed by atoms with Gasteiger partial charge in [-0.05, 0) is 60.8 Å². The molecule has 23 heavy (non-hydrogen) atoms. The molecule has 3 rings (SSSR count). The molecule has 0 N–H and O–H groups in total. The van der Waals surface area contributed by atoms with E-state index in [0.717, 1.165) is 36.4 Å². The summed E-state index contributed by atoms with van der Waals surface area (Å²) in [6, 6.07) is 11.4. The Kier molecular flexibility index (Phi) is 4.53. The first kappa shape index (κ1) is 15.8. The Morgan fingerprint density at radius 2 is 1.87 bits per heavy atom. The maximum absolute atomic E-state index is 13.5. The predicted octanol–water partition coefficient (Wildman–Crippen LogP) is 3.61. The van der Waals surface area contributed by atoms with Crippen molar-refractivity contribution in [1.82, 2.24) is 4.90 Å². The van der Waals surface area contributed by atoms with E-state index in [0.29, 0.717) is 0 Å². The van der Waals surface area contributed by atoms with Gasteiger partial charge in [0.25, 0.3) is 0 Å². The summed E-state index contributed by atoms with van der Waals surface area (Å²) in [7, 11) is 5.40. The second kappa shape index (κ2) is 6.59. The van der Waals surface area contributed by atoms with Gasteiger partial charge in [-0.2, -0.15) is 0 Å². The van der Waals surface area contributed by atoms with E-state index in [-0.39, 0.29) is 11.9 Å². The molecule has 0 saturated carbocycles. The molecule has 1 heterocycles. The maximum atomic E-state index is 13.5. The molecule has 0 unspecified atom stereocenters. The number of fused-ring (bicyclic) bond motifs is 1. The molecule has 4 heteroatoms. The highest BCUT2D eigenvalue weighted by Gasteiger charge is 2.25. The van der Waals surface area contributed by atoms with Gasteiger partial charge in [-0.1, -0.05) is 12.1 Å². The summed E-state index contributed by atoms with van der Waals surface area (Å²) in [6.07, 6.45) is 1.75. The summed E-state index contributed by atoms with van der Waals surface area (Å²) < 4.78 is 24.2. The van der Waals surface area contributed by atoms with Gasteiger partial charge in [0.05, 0.1) is 14.2 Å². The minimum atomic E-state index is -0.154. The first-order valence-corrected chi connectivity index (χ1v) is 7.82. The van der Waals surface area contributed by atoms with E-state index in [1.54, 1.807) is 26.4 Å². The van der Waals surface area contributed by atoms with Gasteiger partial charge >= 0.3 is 0 Å². The standard InChI is InChI=1S/C19H22FNO2/c1-21-9-8-14-12-15(20)5-6-16(14)17(21)10-13-4-7-18(22-2)19(11-13)23-3/h4-7,11-12,17H,8-10H2,1-3H3/t17-/m1/s1. The van der Waals surface area contributed by atoms with Gasteiger partial charge in [-0.3, -0.25) is 4.90 Å². The second-order valence-electron chi connectivity index (χ2n) is 5.98. The molecular weight excluding hydrogens is 293 g/mol. The van der Waals surface area contributed by atoms with Crippen LogP contribution in [-0.4, -0.2) is 32.7 Å². The van der Waals surface area contributed by atoms with Gasteiger partial charge in [-0.25, -0.2) is 4.39 Å². The maximum Gasteiger partial charge on any atom is 0.160 e. The van der Waals surface area contributed by atoms with E-state index >= 15 is 0 Å². The molecule has 1 aliphatic rings. The van der Waals surface area contributed by atoms with Crippen LogP contribution in [0.25, 0.3) is 0 Å². The molecule has 0 aliphatic carbocycles. The minimum absolute atomic E-state index is 0.154. The summed E-state index contributed by atoms with van der Waals surface area (Å²) in [5.74, 6) is 1.32. The van der Waals surface area contributed by atoms with E-state index < -0.39 is 0 Å². The van der Waals surface area contributed by atoms with Crippen molar-refractivity contribution >= 4 is 0 Å². The smallest absolute Gasteiger partial charge is 0.160 e. The lowest BCUT2D eigenvalue weighted by Crippen LogP contribution is -2.33. The number of hydrogen-bond acceptors (Lipinski definition) is 3. The van der Waals surface area contributed by atoms with E-state index in [1.807, 2.05) is 18.2 Å². The lowest BCUT2D eigenvalue weighted by Gasteiger charge is -2.35. The molecule has 0 spiro atoms. The number of methoxy groups -OCH3 is 2. The fourth-order valence-corrected chi connectivity index (χ4v) is 3.30. The third-order valence-electron chi connectivity index (χ3n) is 4.61. The quantitative estimate of drug-likeness (QED) is 0.860. The summed E-state index contributed by atoms with van der Waals surface area (Å²) in [6.45, 7) is 0.939. The summed E-state index contributed by atoms with van der Waals surface area (Å²) in [5, 5.41) is 0. The minimum Gasteiger partial charge on any atom is -0.493 e. The molecule has 2 aromatic rings. The molecule has 1 aliphatic heterocycles. The fraction of sp³-hybridized carbons (Fsp3) is 0.368. The molecule has 0 bridgehead atoms. The average molecular weight is 315 g/mol. The van der Waals surface area contributed by atoms with Crippen LogP contribution in [0.1, 0.15) is 22.7 Å². The summed E-state index contributed by atoms with van der Waals surface area (Å²) in [4.78, 5) is 2.33. The van der Waals surface area contributed by atoms with Crippen LogP contribution >= 0.6 is 0 Å². The van der Waals surface area contributed by atoms with Crippen molar-refractivity contribution in [1.29, 1.82) is 0 Å². The zero-order chi connectivity index (χ0) is 16.4. The number of ether oxygens (including phenoxy) is 2. The molecule has 0 aromatic heterocycles. The third-order valence-corrected chi connectivity index (χ3v) is 4.61. The van der Waals surface area contributed by atoms with Crippen LogP contribution in [0.4, 0.5) is 4.39 Å². The van der Waals surface area contributed by atoms with Crippen molar-refractivity contribution < 1.29 is 13.9 Å². The molecule has 2 aromatic carbocycles.